The first-order valence-corrected chi connectivity index (χ1v) is 22.0. The second-order valence-corrected chi connectivity index (χ2v) is 27.0. The first-order chi connectivity index (χ1) is 14.3. The third kappa shape index (κ3) is 7.27. The van der Waals surface area contributed by atoms with Gasteiger partial charge in [0.25, 0.3) is 0 Å². The lowest BCUT2D eigenvalue weighted by Gasteiger charge is -2.48. The van der Waals surface area contributed by atoms with Gasteiger partial charge in [-0.2, -0.15) is 5.53 Å². The molecule has 0 saturated carbocycles. The second-order valence-electron chi connectivity index (χ2n) is 10.6. The Morgan fingerprint density at radius 2 is 0.833 bits per heavy atom. The van der Waals surface area contributed by atoms with E-state index in [1.807, 2.05) is 0 Å². The van der Waals surface area contributed by atoms with Crippen LogP contribution in [-0.4, -0.2) is 59.7 Å². The molecule has 0 aromatic rings. The molecule has 1 heterocycles. The van der Waals surface area contributed by atoms with Crippen LogP contribution in [0.4, 0.5) is 0 Å². The van der Waals surface area contributed by atoms with Crippen molar-refractivity contribution in [1.82, 2.24) is 15.6 Å². The molecule has 0 bridgehead atoms. The van der Waals surface area contributed by atoms with Gasteiger partial charge in [0.1, 0.15) is 0 Å². The van der Waals surface area contributed by atoms with Crippen LogP contribution in [0.15, 0.2) is 0 Å². The van der Waals surface area contributed by atoms with E-state index in [0.717, 1.165) is 5.92 Å². The summed E-state index contributed by atoms with van der Waals surface area (Å²) in [6.45, 7) is 24.8. The fourth-order valence-electron chi connectivity index (χ4n) is 6.07. The predicted molar refractivity (Wildman–Crippen MR) is 146 cm³/mol. The number of hydrogen-bond donors (Lipinski definition) is 1. The van der Waals surface area contributed by atoms with Gasteiger partial charge in [-0.05, 0) is 5.92 Å². The molecule has 0 aromatic heterocycles. The van der Waals surface area contributed by atoms with E-state index in [-0.39, 0.29) is 0 Å². The van der Waals surface area contributed by atoms with Crippen LogP contribution in [0.1, 0.15) is 62.3 Å². The summed E-state index contributed by atoms with van der Waals surface area (Å²) in [6.07, 6.45) is 2.70. The molecule has 1 fully saturated rings. The highest BCUT2D eigenvalue weighted by atomic mass is 28.3. The molecule has 1 N–H and O–H groups in total. The Kier molecular flexibility index (Phi) is 12.7. The van der Waals surface area contributed by atoms with Gasteiger partial charge < -0.3 is 0 Å². The van der Waals surface area contributed by atoms with Crippen LogP contribution in [0, 0.1) is 5.92 Å². The van der Waals surface area contributed by atoms with E-state index < -0.39 is 24.2 Å². The van der Waals surface area contributed by atoms with Gasteiger partial charge in [-0.25, -0.2) is 10.0 Å². The van der Waals surface area contributed by atoms with Crippen LogP contribution < -0.4 is 5.53 Å². The Morgan fingerprint density at radius 1 is 0.533 bits per heavy atom. The summed E-state index contributed by atoms with van der Waals surface area (Å²) < 4.78 is 0. The molecule has 3 nitrogen and oxygen atoms in total. The van der Waals surface area contributed by atoms with Gasteiger partial charge in [-0.1, -0.05) is 123 Å². The van der Waals surface area contributed by atoms with Gasteiger partial charge in [0, 0.05) is 25.4 Å². The number of hydrogen-bond acceptors (Lipinski definition) is 3. The predicted octanol–water partition coefficient (Wildman–Crippen LogP) is 7.24. The maximum absolute atomic E-state index is 3.99. The molecule has 1 aliphatic rings. The minimum Gasteiger partial charge on any atom is -0.233 e. The maximum atomic E-state index is 3.99. The summed E-state index contributed by atoms with van der Waals surface area (Å²) in [6, 6.07) is 14.5. The summed E-state index contributed by atoms with van der Waals surface area (Å²) >= 11 is 0. The zero-order valence-electron chi connectivity index (χ0n) is 22.4. The van der Waals surface area contributed by atoms with Crippen molar-refractivity contribution in [3.63, 3.8) is 0 Å². The molecule has 1 rings (SSSR count). The first-order valence-electron chi connectivity index (χ1n) is 13.5. The molecule has 1 saturated heterocycles. The highest BCUT2D eigenvalue weighted by molar-refractivity contribution is 6.80. The van der Waals surface area contributed by atoms with Gasteiger partial charge in [-0.15, -0.1) is 0 Å². The largest absolute Gasteiger partial charge is 0.233 e. The third-order valence-corrected chi connectivity index (χ3v) is 26.8. The van der Waals surface area contributed by atoms with Crippen molar-refractivity contribution in [2.45, 2.75) is 123 Å². The van der Waals surface area contributed by atoms with E-state index in [2.05, 4.69) is 77.9 Å². The van der Waals surface area contributed by atoms with Crippen molar-refractivity contribution in [2.24, 2.45) is 5.92 Å². The van der Waals surface area contributed by atoms with Crippen molar-refractivity contribution in [3.05, 3.63) is 0 Å². The number of nitrogens with zero attached hydrogens (tertiary/aromatic N) is 2. The van der Waals surface area contributed by atoms with E-state index in [0.29, 0.717) is 0 Å². The molecule has 0 aliphatic carbocycles. The summed E-state index contributed by atoms with van der Waals surface area (Å²) in [5.74, 6) is 0.868. The van der Waals surface area contributed by atoms with Crippen LogP contribution >= 0.6 is 0 Å². The van der Waals surface area contributed by atoms with E-state index in [4.69, 9.17) is 0 Å². The van der Waals surface area contributed by atoms with Crippen LogP contribution in [-0.2, 0) is 0 Å². The molecule has 0 aromatic carbocycles. The van der Waals surface area contributed by atoms with E-state index in [1.165, 1.54) is 79.8 Å². The fraction of sp³-hybridized carbons (Fsp3) is 1.00. The Hall–Kier alpha value is 0.531. The maximum Gasteiger partial charge on any atom is 0.0701 e. The van der Waals surface area contributed by atoms with E-state index in [1.54, 1.807) is 6.04 Å². The zero-order chi connectivity index (χ0) is 22.8. The molecule has 1 aliphatic heterocycles. The highest BCUT2D eigenvalue weighted by Gasteiger charge is 2.39. The molecule has 0 spiro atoms. The summed E-state index contributed by atoms with van der Waals surface area (Å²) in [5, 5.41) is 5.44. The Morgan fingerprint density at radius 3 is 1.10 bits per heavy atom. The van der Waals surface area contributed by atoms with E-state index >= 15 is 0 Å². The lowest BCUT2D eigenvalue weighted by Crippen LogP contribution is -2.66. The molecule has 0 unspecified atom stereocenters. The normalized spacial score (nSPS) is 18.3. The molecule has 30 heavy (non-hydrogen) atoms. The lowest BCUT2D eigenvalue weighted by molar-refractivity contribution is -0.0194. The van der Waals surface area contributed by atoms with Crippen LogP contribution in [0.3, 0.4) is 0 Å². The molecule has 0 radical (unpaired) electrons. The average molecular weight is 472 g/mol. The lowest BCUT2D eigenvalue weighted by atomic mass is 10.1. The third-order valence-electron chi connectivity index (χ3n) is 9.76. The molecule has 0 amide bonds. The van der Waals surface area contributed by atoms with Gasteiger partial charge >= 0.3 is 0 Å². The van der Waals surface area contributed by atoms with Gasteiger partial charge in [-0.3, -0.25) is 0 Å². The second kappa shape index (κ2) is 13.3. The minimum absolute atomic E-state index is 0.868. The van der Waals surface area contributed by atoms with Crippen molar-refractivity contribution < 1.29 is 0 Å². The summed E-state index contributed by atoms with van der Waals surface area (Å²) in [7, 11) is -3.43. The highest BCUT2D eigenvalue weighted by Crippen LogP contribution is 2.32. The smallest absolute Gasteiger partial charge is 0.0701 e. The summed E-state index contributed by atoms with van der Waals surface area (Å²) in [5.41, 5.74) is 3.99. The Bertz CT molecular complexity index is 365. The van der Waals surface area contributed by atoms with Crippen LogP contribution in [0.5, 0.6) is 0 Å². The van der Waals surface area contributed by atoms with Crippen LogP contribution in [0.25, 0.3) is 0 Å². The molecule has 0 atom stereocenters. The van der Waals surface area contributed by atoms with Crippen LogP contribution in [0.2, 0.25) is 60.4 Å². The van der Waals surface area contributed by atoms with E-state index in [9.17, 15) is 0 Å². The first kappa shape index (κ1) is 28.6. The van der Waals surface area contributed by atoms with Crippen molar-refractivity contribution >= 4 is 24.2 Å². The van der Waals surface area contributed by atoms with Crippen molar-refractivity contribution in [3.8, 4) is 0 Å². The standard InChI is InChI=1S/C24H57N3Si3/c1-10-28(11-2,12-3)21-24-19-26(22-29(13-4,14-5)15-6)25-27(20-24)23-30(16-7,17-8)18-9/h24-25H,10-23H2,1-9H3. The minimum atomic E-state index is -1.17. The number of hydrazine groups is 2. The topological polar surface area (TPSA) is 18.5 Å². The number of nitrogens with one attached hydrogen (secondary N) is 1. The quantitative estimate of drug-likeness (QED) is 0.254. The zero-order valence-corrected chi connectivity index (χ0v) is 25.4. The van der Waals surface area contributed by atoms with Gasteiger partial charge in [0.15, 0.2) is 0 Å². The SMILES string of the molecule is CC[Si](CC)(CC)CC1CN(C[Si](CC)(CC)CC)NN(C[Si](CC)(CC)CC)C1. The Labute approximate surface area is 193 Å². The number of rotatable bonds is 15. The molecule has 6 heteroatoms. The Balaban J connectivity index is 3.09. The fourth-order valence-corrected chi connectivity index (χ4v) is 16.3. The monoisotopic (exact) mass is 471 g/mol. The summed E-state index contributed by atoms with van der Waals surface area (Å²) in [4.78, 5) is 0. The van der Waals surface area contributed by atoms with Crippen molar-refractivity contribution in [2.75, 3.05) is 25.4 Å². The molecule has 180 valence electrons. The molecular weight excluding hydrogens is 415 g/mol. The molecular formula is C24H57N3Si3. The van der Waals surface area contributed by atoms with Gasteiger partial charge in [0.05, 0.1) is 24.2 Å². The van der Waals surface area contributed by atoms with Crippen molar-refractivity contribution in [1.29, 1.82) is 0 Å². The van der Waals surface area contributed by atoms with Gasteiger partial charge in [0.2, 0.25) is 0 Å². The average Bonchev–Trinajstić information content (AvgIpc) is 2.79.